The molecule has 60 valence electrons. The van der Waals surface area contributed by atoms with Gasteiger partial charge in [-0.3, -0.25) is 0 Å². The first-order valence-corrected chi connectivity index (χ1v) is 3.61. The summed E-state index contributed by atoms with van der Waals surface area (Å²) in [7, 11) is 1.67. The van der Waals surface area contributed by atoms with E-state index in [-0.39, 0.29) is 0 Å². The van der Waals surface area contributed by atoms with Gasteiger partial charge in [-0.2, -0.15) is 0 Å². The molecule has 0 amide bonds. The summed E-state index contributed by atoms with van der Waals surface area (Å²) in [6.07, 6.45) is 0. The van der Waals surface area contributed by atoms with Crippen LogP contribution >= 0.6 is 0 Å². The third-order valence-electron chi connectivity index (χ3n) is 1.69. The fourth-order valence-electron chi connectivity index (χ4n) is 1.07. The van der Waals surface area contributed by atoms with Crippen LogP contribution in [0.25, 0.3) is 0 Å². The Morgan fingerprint density at radius 1 is 1.45 bits per heavy atom. The summed E-state index contributed by atoms with van der Waals surface area (Å²) in [6, 6.07) is 5.96. The molecule has 1 aromatic carbocycles. The van der Waals surface area contributed by atoms with E-state index in [0.717, 1.165) is 16.9 Å². The Morgan fingerprint density at radius 2 is 2.18 bits per heavy atom. The van der Waals surface area contributed by atoms with Gasteiger partial charge in [0.15, 0.2) is 0 Å². The minimum absolute atomic E-state index is 0.588. The van der Waals surface area contributed by atoms with Gasteiger partial charge >= 0.3 is 0 Å². The molecular formula is C9H13NO. The molecular weight excluding hydrogens is 138 g/mol. The van der Waals surface area contributed by atoms with Gasteiger partial charge in [-0.05, 0) is 24.1 Å². The van der Waals surface area contributed by atoms with Crippen molar-refractivity contribution in [2.24, 2.45) is 5.73 Å². The van der Waals surface area contributed by atoms with Crippen molar-refractivity contribution >= 4 is 0 Å². The van der Waals surface area contributed by atoms with E-state index in [1.165, 1.54) is 0 Å². The maximum Gasteiger partial charge on any atom is 0.121 e. The molecule has 0 bridgehead atoms. The van der Waals surface area contributed by atoms with Crippen LogP contribution in [0.3, 0.4) is 0 Å². The second-order valence-electron chi connectivity index (χ2n) is 2.51. The lowest BCUT2D eigenvalue weighted by Crippen LogP contribution is -1.97. The van der Waals surface area contributed by atoms with Gasteiger partial charge in [0.25, 0.3) is 0 Å². The van der Waals surface area contributed by atoms with E-state index in [0.29, 0.717) is 6.54 Å². The zero-order valence-electron chi connectivity index (χ0n) is 6.92. The lowest BCUT2D eigenvalue weighted by Gasteiger charge is -2.05. The molecule has 0 spiro atoms. The van der Waals surface area contributed by atoms with Crippen molar-refractivity contribution in [1.82, 2.24) is 0 Å². The molecule has 0 aliphatic rings. The normalized spacial score (nSPS) is 9.73. The van der Waals surface area contributed by atoms with Crippen LogP contribution in [0.1, 0.15) is 11.1 Å². The number of rotatable bonds is 2. The van der Waals surface area contributed by atoms with Crippen molar-refractivity contribution in [3.63, 3.8) is 0 Å². The van der Waals surface area contributed by atoms with Gasteiger partial charge in [0.1, 0.15) is 5.75 Å². The summed E-state index contributed by atoms with van der Waals surface area (Å²) in [4.78, 5) is 0. The van der Waals surface area contributed by atoms with Gasteiger partial charge in [0, 0.05) is 6.54 Å². The highest BCUT2D eigenvalue weighted by molar-refractivity contribution is 5.35. The van der Waals surface area contributed by atoms with Crippen LogP contribution in [0.2, 0.25) is 0 Å². The molecule has 2 N–H and O–H groups in total. The molecule has 11 heavy (non-hydrogen) atoms. The van der Waals surface area contributed by atoms with E-state index < -0.39 is 0 Å². The summed E-state index contributed by atoms with van der Waals surface area (Å²) in [5, 5.41) is 0. The summed E-state index contributed by atoms with van der Waals surface area (Å²) in [5.41, 5.74) is 7.75. The van der Waals surface area contributed by atoms with Gasteiger partial charge in [-0.1, -0.05) is 12.1 Å². The van der Waals surface area contributed by atoms with E-state index in [2.05, 4.69) is 0 Å². The van der Waals surface area contributed by atoms with E-state index >= 15 is 0 Å². The van der Waals surface area contributed by atoms with Crippen LogP contribution in [0, 0.1) is 6.92 Å². The molecule has 0 unspecified atom stereocenters. The molecule has 0 aromatic heterocycles. The van der Waals surface area contributed by atoms with Crippen molar-refractivity contribution < 1.29 is 4.74 Å². The minimum Gasteiger partial charge on any atom is -0.496 e. The van der Waals surface area contributed by atoms with Crippen molar-refractivity contribution in [2.45, 2.75) is 13.5 Å². The summed E-state index contributed by atoms with van der Waals surface area (Å²) in [5.74, 6) is 0.919. The molecule has 0 radical (unpaired) electrons. The molecule has 0 saturated carbocycles. The Hall–Kier alpha value is -1.02. The molecule has 0 heterocycles. The molecule has 1 rings (SSSR count). The van der Waals surface area contributed by atoms with Crippen LogP contribution in [0.5, 0.6) is 5.75 Å². The molecule has 0 saturated heterocycles. The van der Waals surface area contributed by atoms with Crippen molar-refractivity contribution in [2.75, 3.05) is 7.11 Å². The van der Waals surface area contributed by atoms with E-state index in [4.69, 9.17) is 10.5 Å². The van der Waals surface area contributed by atoms with Crippen LogP contribution in [-0.4, -0.2) is 7.11 Å². The Morgan fingerprint density at radius 3 is 2.64 bits per heavy atom. The van der Waals surface area contributed by atoms with E-state index in [1.54, 1.807) is 7.11 Å². The van der Waals surface area contributed by atoms with Crippen LogP contribution in [-0.2, 0) is 6.54 Å². The average Bonchev–Trinajstić information content (AvgIpc) is 2.04. The molecule has 0 atom stereocenters. The number of aryl methyl sites for hydroxylation is 1. The van der Waals surface area contributed by atoms with E-state index in [1.807, 2.05) is 25.1 Å². The number of nitrogens with two attached hydrogens (primary N) is 1. The van der Waals surface area contributed by atoms with Crippen LogP contribution < -0.4 is 10.5 Å². The molecule has 1 aromatic rings. The molecule has 0 aliphatic carbocycles. The van der Waals surface area contributed by atoms with Gasteiger partial charge in [0.05, 0.1) is 7.11 Å². The monoisotopic (exact) mass is 151 g/mol. The van der Waals surface area contributed by atoms with Crippen molar-refractivity contribution in [3.8, 4) is 5.75 Å². The SMILES string of the molecule is COc1ccc(CN)cc1C. The highest BCUT2D eigenvalue weighted by Crippen LogP contribution is 2.17. The number of hydrogen-bond acceptors (Lipinski definition) is 2. The maximum atomic E-state index is 5.47. The fraction of sp³-hybridized carbons (Fsp3) is 0.333. The van der Waals surface area contributed by atoms with Crippen molar-refractivity contribution in [1.29, 1.82) is 0 Å². The lowest BCUT2D eigenvalue weighted by atomic mass is 10.1. The Bertz CT molecular complexity index is 245. The third-order valence-corrected chi connectivity index (χ3v) is 1.69. The zero-order chi connectivity index (χ0) is 8.27. The van der Waals surface area contributed by atoms with Gasteiger partial charge in [-0.15, -0.1) is 0 Å². The molecule has 0 aliphatic heterocycles. The van der Waals surface area contributed by atoms with Gasteiger partial charge < -0.3 is 10.5 Å². The van der Waals surface area contributed by atoms with E-state index in [9.17, 15) is 0 Å². The standard InChI is InChI=1S/C9H13NO/c1-7-5-8(6-10)3-4-9(7)11-2/h3-5H,6,10H2,1-2H3. The highest BCUT2D eigenvalue weighted by atomic mass is 16.5. The number of methoxy groups -OCH3 is 1. The summed E-state index contributed by atoms with van der Waals surface area (Å²) < 4.78 is 5.10. The van der Waals surface area contributed by atoms with Crippen molar-refractivity contribution in [3.05, 3.63) is 29.3 Å². The second kappa shape index (κ2) is 3.39. The highest BCUT2D eigenvalue weighted by Gasteiger charge is 1.96. The summed E-state index contributed by atoms with van der Waals surface area (Å²) >= 11 is 0. The largest absolute Gasteiger partial charge is 0.496 e. The topological polar surface area (TPSA) is 35.2 Å². The van der Waals surface area contributed by atoms with Crippen LogP contribution in [0.4, 0.5) is 0 Å². The van der Waals surface area contributed by atoms with Gasteiger partial charge in [0.2, 0.25) is 0 Å². The number of hydrogen-bond donors (Lipinski definition) is 1. The third kappa shape index (κ3) is 1.71. The predicted octanol–water partition coefficient (Wildman–Crippen LogP) is 1.46. The number of ether oxygens (including phenoxy) is 1. The summed E-state index contributed by atoms with van der Waals surface area (Å²) in [6.45, 7) is 2.60. The lowest BCUT2D eigenvalue weighted by molar-refractivity contribution is 0.411. The second-order valence-corrected chi connectivity index (χ2v) is 2.51. The fourth-order valence-corrected chi connectivity index (χ4v) is 1.07. The predicted molar refractivity (Wildman–Crippen MR) is 45.6 cm³/mol. The Kier molecular flexibility index (Phi) is 2.49. The maximum absolute atomic E-state index is 5.47. The molecule has 2 heteroatoms. The van der Waals surface area contributed by atoms with Crippen LogP contribution in [0.15, 0.2) is 18.2 Å². The Labute approximate surface area is 67.0 Å². The molecule has 2 nitrogen and oxygen atoms in total. The zero-order valence-corrected chi connectivity index (χ0v) is 6.92. The molecule has 0 fully saturated rings. The quantitative estimate of drug-likeness (QED) is 0.694. The smallest absolute Gasteiger partial charge is 0.121 e. The number of benzene rings is 1. The minimum atomic E-state index is 0.588. The first-order valence-electron chi connectivity index (χ1n) is 3.61. The Balaban J connectivity index is 2.99. The first-order chi connectivity index (χ1) is 5.27. The average molecular weight is 151 g/mol. The van der Waals surface area contributed by atoms with Gasteiger partial charge in [-0.25, -0.2) is 0 Å². The first kappa shape index (κ1) is 8.08.